The number of rotatable bonds is 2. The van der Waals surface area contributed by atoms with Gasteiger partial charge in [0.2, 0.25) is 12.4 Å². The highest BCUT2D eigenvalue weighted by molar-refractivity contribution is 6.00. The summed E-state index contributed by atoms with van der Waals surface area (Å²) >= 11 is 0. The molecule has 6 heteroatoms. The number of nitrogens with zero attached hydrogens (tertiary/aromatic N) is 1. The zero-order valence-electron chi connectivity index (χ0n) is 7.55. The summed E-state index contributed by atoms with van der Waals surface area (Å²) in [7, 11) is 1.45. The highest BCUT2D eigenvalue weighted by Gasteiger charge is 2.01. The van der Waals surface area contributed by atoms with Gasteiger partial charge in [-0.1, -0.05) is 6.58 Å². The number of guanidine groups is 1. The highest BCUT2D eigenvalue weighted by Crippen LogP contribution is 1.86. The topological polar surface area (TPSA) is 82.6 Å². The van der Waals surface area contributed by atoms with Crippen molar-refractivity contribution in [3.8, 4) is 0 Å². The predicted molar refractivity (Wildman–Crippen MR) is 49.0 cm³/mol. The Labute approximate surface area is 76.1 Å². The van der Waals surface area contributed by atoms with Gasteiger partial charge in [0.25, 0.3) is 0 Å². The van der Waals surface area contributed by atoms with Crippen LogP contribution in [0.5, 0.6) is 0 Å². The summed E-state index contributed by atoms with van der Waals surface area (Å²) in [4.78, 5) is 24.6. The number of urea groups is 1. The van der Waals surface area contributed by atoms with Crippen LogP contribution in [0.25, 0.3) is 0 Å². The van der Waals surface area contributed by atoms with Crippen LogP contribution in [0, 0.1) is 0 Å². The summed E-state index contributed by atoms with van der Waals surface area (Å²) in [6, 6.07) is -0.464. The smallest absolute Gasteiger partial charge is 0.321 e. The second-order valence-electron chi connectivity index (χ2n) is 2.16. The van der Waals surface area contributed by atoms with Gasteiger partial charge in [-0.25, -0.2) is 9.79 Å². The number of carbonyl (C=O) groups is 2. The van der Waals surface area contributed by atoms with Crippen LogP contribution in [0.2, 0.25) is 0 Å². The molecule has 0 saturated heterocycles. The van der Waals surface area contributed by atoms with E-state index in [0.717, 1.165) is 0 Å². The van der Waals surface area contributed by atoms with E-state index in [4.69, 9.17) is 0 Å². The molecule has 3 amide bonds. The molecule has 0 fully saturated rings. The average Bonchev–Trinajstić information content (AvgIpc) is 2.03. The molecule has 0 rings (SSSR count). The lowest BCUT2D eigenvalue weighted by Crippen LogP contribution is -2.44. The lowest BCUT2D eigenvalue weighted by Gasteiger charge is -2.05. The molecule has 6 nitrogen and oxygen atoms in total. The lowest BCUT2D eigenvalue weighted by atomic mass is 10.6. The van der Waals surface area contributed by atoms with Gasteiger partial charge in [-0.05, 0) is 6.92 Å². The van der Waals surface area contributed by atoms with Gasteiger partial charge < -0.3 is 5.32 Å². The third-order valence-electron chi connectivity index (χ3n) is 0.957. The van der Waals surface area contributed by atoms with Crippen molar-refractivity contribution in [2.24, 2.45) is 4.99 Å². The zero-order valence-corrected chi connectivity index (χ0v) is 7.55. The van der Waals surface area contributed by atoms with Gasteiger partial charge in [-0.2, -0.15) is 0 Å². The minimum Gasteiger partial charge on any atom is -0.341 e. The van der Waals surface area contributed by atoms with E-state index in [1.165, 1.54) is 7.05 Å². The molecule has 72 valence electrons. The molecule has 3 N–H and O–H groups in total. The van der Waals surface area contributed by atoms with Gasteiger partial charge in [0.05, 0.1) is 0 Å². The fourth-order valence-electron chi connectivity index (χ4n) is 0.513. The van der Waals surface area contributed by atoms with Crippen molar-refractivity contribution >= 4 is 18.4 Å². The molecule has 0 spiro atoms. The number of carbonyl (C=O) groups excluding carboxylic acids is 2. The molecule has 0 aromatic carbocycles. The maximum Gasteiger partial charge on any atom is 0.321 e. The molecule has 0 aliphatic carbocycles. The first-order valence-corrected chi connectivity index (χ1v) is 3.53. The minimum absolute atomic E-state index is 0.0434. The molecular weight excluding hydrogens is 172 g/mol. The van der Waals surface area contributed by atoms with Gasteiger partial charge in [-0.3, -0.25) is 15.4 Å². The molecule has 0 heterocycles. The third-order valence-corrected chi connectivity index (χ3v) is 0.957. The molecule has 0 unspecified atom stereocenters. The molecule has 0 aliphatic rings. The molecule has 0 aromatic heterocycles. The number of allylic oxidation sites excluding steroid dienone is 1. The Bertz CT molecular complexity index is 247. The van der Waals surface area contributed by atoms with Crippen molar-refractivity contribution in [2.45, 2.75) is 6.92 Å². The lowest BCUT2D eigenvalue weighted by molar-refractivity contribution is -0.108. The molecule has 0 aromatic rings. The van der Waals surface area contributed by atoms with E-state index in [1.807, 2.05) is 0 Å². The van der Waals surface area contributed by atoms with Crippen molar-refractivity contribution in [3.63, 3.8) is 0 Å². The van der Waals surface area contributed by atoms with Gasteiger partial charge in [-0.15, -0.1) is 0 Å². The Balaban J connectivity index is 4.33. The van der Waals surface area contributed by atoms with Crippen LogP contribution in [0.3, 0.4) is 0 Å². The van der Waals surface area contributed by atoms with Crippen LogP contribution in [0.4, 0.5) is 4.79 Å². The fraction of sp³-hybridized carbons (Fsp3) is 0.286. The molecule has 0 saturated carbocycles. The van der Waals surface area contributed by atoms with Gasteiger partial charge in [0.1, 0.15) is 0 Å². The van der Waals surface area contributed by atoms with Crippen molar-refractivity contribution in [2.75, 3.05) is 7.05 Å². The van der Waals surface area contributed by atoms with E-state index in [0.29, 0.717) is 12.1 Å². The first-order chi connectivity index (χ1) is 6.10. The SMILES string of the molecule is C=C(C)N=C(NC=O)NC(=O)NC. The Kier molecular flexibility index (Phi) is 4.94. The van der Waals surface area contributed by atoms with Gasteiger partial charge in [0, 0.05) is 12.7 Å². The molecule has 0 atom stereocenters. The summed E-state index contributed by atoms with van der Waals surface area (Å²) in [6.07, 6.45) is 0.414. The van der Waals surface area contributed by atoms with Crippen LogP contribution in [0.15, 0.2) is 17.3 Å². The summed E-state index contributed by atoms with van der Waals surface area (Å²) in [5, 5.41) is 6.82. The number of nitrogens with one attached hydrogen (secondary N) is 3. The minimum atomic E-state index is -0.464. The second-order valence-corrected chi connectivity index (χ2v) is 2.16. The molecule has 0 aliphatic heterocycles. The zero-order chi connectivity index (χ0) is 10.3. The maximum atomic E-state index is 10.8. The van der Waals surface area contributed by atoms with E-state index < -0.39 is 6.03 Å². The summed E-state index contributed by atoms with van der Waals surface area (Å²) in [6.45, 7) is 5.13. The maximum absolute atomic E-state index is 10.8. The van der Waals surface area contributed by atoms with Crippen molar-refractivity contribution in [3.05, 3.63) is 12.3 Å². The van der Waals surface area contributed by atoms with E-state index in [1.54, 1.807) is 6.92 Å². The average molecular weight is 184 g/mol. The Morgan fingerprint density at radius 2 is 2.15 bits per heavy atom. The normalized spacial score (nSPS) is 10.2. The van der Waals surface area contributed by atoms with Crippen molar-refractivity contribution in [1.29, 1.82) is 0 Å². The Hall–Kier alpha value is -1.85. The Morgan fingerprint density at radius 3 is 2.54 bits per heavy atom. The summed E-state index contributed by atoms with van der Waals surface area (Å²) in [5.41, 5.74) is 0.473. The summed E-state index contributed by atoms with van der Waals surface area (Å²) < 4.78 is 0. The standard InChI is InChI=1S/C7H12N4O2/c1-5(2)10-6(9-4-12)11-7(13)8-3/h4H,1H2,2-3H3,(H3,8,9,10,11,12,13). The third kappa shape index (κ3) is 5.42. The number of amides is 3. The number of aliphatic imine (C=N–C) groups is 1. The quantitative estimate of drug-likeness (QED) is 0.308. The van der Waals surface area contributed by atoms with E-state index in [-0.39, 0.29) is 5.96 Å². The largest absolute Gasteiger partial charge is 0.341 e. The van der Waals surface area contributed by atoms with Crippen LogP contribution in [0.1, 0.15) is 6.92 Å². The monoisotopic (exact) mass is 184 g/mol. The number of hydrogen-bond acceptors (Lipinski definition) is 3. The van der Waals surface area contributed by atoms with Crippen LogP contribution in [-0.4, -0.2) is 25.4 Å². The first-order valence-electron chi connectivity index (χ1n) is 3.53. The van der Waals surface area contributed by atoms with Crippen LogP contribution >= 0.6 is 0 Å². The second kappa shape index (κ2) is 5.76. The molecule has 0 bridgehead atoms. The first kappa shape index (κ1) is 11.2. The van der Waals surface area contributed by atoms with E-state index in [2.05, 4.69) is 27.5 Å². The van der Waals surface area contributed by atoms with Crippen molar-refractivity contribution < 1.29 is 9.59 Å². The van der Waals surface area contributed by atoms with Crippen LogP contribution < -0.4 is 16.0 Å². The van der Waals surface area contributed by atoms with Crippen molar-refractivity contribution in [1.82, 2.24) is 16.0 Å². The highest BCUT2D eigenvalue weighted by atomic mass is 16.2. The van der Waals surface area contributed by atoms with E-state index in [9.17, 15) is 9.59 Å². The Morgan fingerprint density at radius 1 is 1.54 bits per heavy atom. The van der Waals surface area contributed by atoms with E-state index >= 15 is 0 Å². The summed E-state index contributed by atoms with van der Waals surface area (Å²) in [5.74, 6) is 0.0434. The fourth-order valence-corrected chi connectivity index (χ4v) is 0.513. The van der Waals surface area contributed by atoms with Gasteiger partial charge >= 0.3 is 6.03 Å². The number of hydrogen-bond donors (Lipinski definition) is 3. The predicted octanol–water partition coefficient (Wildman–Crippen LogP) is -0.449. The molecular formula is C7H12N4O2. The van der Waals surface area contributed by atoms with Gasteiger partial charge in [0.15, 0.2) is 0 Å². The molecule has 13 heavy (non-hydrogen) atoms. The molecule has 0 radical (unpaired) electrons. The van der Waals surface area contributed by atoms with Crippen LogP contribution in [-0.2, 0) is 4.79 Å².